The van der Waals surface area contributed by atoms with Gasteiger partial charge in [-0.2, -0.15) is 0 Å². The largest absolute Gasteiger partial charge is 0.465 e. The smallest absolute Gasteiger partial charge is 0.337 e. The summed E-state index contributed by atoms with van der Waals surface area (Å²) < 4.78 is 11.5. The van der Waals surface area contributed by atoms with Crippen LogP contribution < -0.4 is 10.3 Å². The van der Waals surface area contributed by atoms with Crippen LogP contribution in [0.3, 0.4) is 0 Å². The first kappa shape index (κ1) is 12.9. The van der Waals surface area contributed by atoms with E-state index in [9.17, 15) is 9.59 Å². The Balaban J connectivity index is 2.22. The molecule has 0 atom stereocenters. The van der Waals surface area contributed by atoms with Gasteiger partial charge < -0.3 is 14.0 Å². The highest BCUT2D eigenvalue weighted by molar-refractivity contribution is 5.89. The summed E-state index contributed by atoms with van der Waals surface area (Å²) in [6.45, 7) is 0. The van der Waals surface area contributed by atoms with Gasteiger partial charge in [0, 0.05) is 13.2 Å². The molecule has 0 bridgehead atoms. The first-order valence-corrected chi connectivity index (χ1v) is 5.63. The van der Waals surface area contributed by atoms with Crippen molar-refractivity contribution in [3.63, 3.8) is 0 Å². The molecule has 0 aliphatic heterocycles. The number of carbonyl (C=O) groups is 1. The summed E-state index contributed by atoms with van der Waals surface area (Å²) in [6.07, 6.45) is 1.65. The number of nitrogens with zero attached hydrogens (tertiary/aromatic N) is 1. The Morgan fingerprint density at radius 1 is 1.16 bits per heavy atom. The number of hydrogen-bond acceptors (Lipinski definition) is 4. The molecule has 0 spiro atoms. The lowest BCUT2D eigenvalue weighted by Gasteiger charge is -2.06. The maximum atomic E-state index is 11.8. The quantitative estimate of drug-likeness (QED) is 0.791. The van der Waals surface area contributed by atoms with Gasteiger partial charge in [0.15, 0.2) is 5.75 Å². The molecule has 98 valence electrons. The fourth-order valence-electron chi connectivity index (χ4n) is 1.55. The molecule has 0 saturated heterocycles. The average Bonchev–Trinajstić information content (AvgIpc) is 2.44. The van der Waals surface area contributed by atoms with E-state index in [1.165, 1.54) is 11.7 Å². The van der Waals surface area contributed by atoms with E-state index in [0.29, 0.717) is 11.3 Å². The molecule has 5 nitrogen and oxygen atoms in total. The highest BCUT2D eigenvalue weighted by atomic mass is 16.5. The highest BCUT2D eigenvalue weighted by Crippen LogP contribution is 2.18. The van der Waals surface area contributed by atoms with Crippen LogP contribution in [0, 0.1) is 0 Å². The second-order valence-electron chi connectivity index (χ2n) is 3.91. The highest BCUT2D eigenvalue weighted by Gasteiger charge is 2.07. The lowest BCUT2D eigenvalue weighted by Crippen LogP contribution is -2.16. The average molecular weight is 259 g/mol. The SMILES string of the molecule is COC(=O)c1ccc(Oc2cccn(C)c2=O)cc1. The lowest BCUT2D eigenvalue weighted by atomic mass is 10.2. The molecule has 2 aromatic rings. The monoisotopic (exact) mass is 259 g/mol. The molecule has 5 heteroatoms. The van der Waals surface area contributed by atoms with E-state index < -0.39 is 5.97 Å². The molecular formula is C14H13NO4. The van der Waals surface area contributed by atoms with Crippen LogP contribution in [0.4, 0.5) is 0 Å². The third kappa shape index (κ3) is 2.82. The molecule has 1 heterocycles. The van der Waals surface area contributed by atoms with Gasteiger partial charge in [0.25, 0.3) is 5.56 Å². The van der Waals surface area contributed by atoms with E-state index in [1.807, 2.05) is 0 Å². The Morgan fingerprint density at radius 3 is 2.47 bits per heavy atom. The molecule has 0 fully saturated rings. The van der Waals surface area contributed by atoms with E-state index in [2.05, 4.69) is 4.74 Å². The maximum absolute atomic E-state index is 11.8. The molecule has 0 aliphatic carbocycles. The zero-order chi connectivity index (χ0) is 13.8. The number of benzene rings is 1. The van der Waals surface area contributed by atoms with Crippen LogP contribution in [0.1, 0.15) is 10.4 Å². The van der Waals surface area contributed by atoms with Crippen LogP contribution in [-0.2, 0) is 11.8 Å². The molecule has 0 radical (unpaired) electrons. The van der Waals surface area contributed by atoms with Crippen molar-refractivity contribution in [3.05, 3.63) is 58.5 Å². The Morgan fingerprint density at radius 2 is 1.84 bits per heavy atom. The molecule has 0 amide bonds. The van der Waals surface area contributed by atoms with Gasteiger partial charge in [-0.15, -0.1) is 0 Å². The van der Waals surface area contributed by atoms with Gasteiger partial charge >= 0.3 is 5.97 Å². The Labute approximate surface area is 110 Å². The third-order valence-corrected chi connectivity index (χ3v) is 2.59. The van der Waals surface area contributed by atoms with Crippen molar-refractivity contribution in [2.45, 2.75) is 0 Å². The predicted molar refractivity (Wildman–Crippen MR) is 69.5 cm³/mol. The van der Waals surface area contributed by atoms with Crippen LogP contribution >= 0.6 is 0 Å². The van der Waals surface area contributed by atoms with Gasteiger partial charge in [-0.25, -0.2) is 4.79 Å². The minimum Gasteiger partial charge on any atom is -0.465 e. The van der Waals surface area contributed by atoms with Crippen LogP contribution in [0.15, 0.2) is 47.4 Å². The predicted octanol–water partition coefficient (Wildman–Crippen LogP) is 1.96. The summed E-state index contributed by atoms with van der Waals surface area (Å²) >= 11 is 0. The molecule has 1 aromatic heterocycles. The fraction of sp³-hybridized carbons (Fsp3) is 0.143. The molecular weight excluding hydrogens is 246 g/mol. The third-order valence-electron chi connectivity index (χ3n) is 2.59. The summed E-state index contributed by atoms with van der Waals surface area (Å²) in [5.74, 6) is 0.300. The Hall–Kier alpha value is -2.56. The van der Waals surface area contributed by atoms with Crippen molar-refractivity contribution in [2.24, 2.45) is 7.05 Å². The van der Waals surface area contributed by atoms with Crippen LogP contribution in [0.5, 0.6) is 11.5 Å². The van der Waals surface area contributed by atoms with Gasteiger partial charge in [-0.1, -0.05) is 0 Å². The number of hydrogen-bond donors (Lipinski definition) is 0. The molecule has 0 aliphatic rings. The van der Waals surface area contributed by atoms with Crippen molar-refractivity contribution in [1.29, 1.82) is 0 Å². The normalized spacial score (nSPS) is 10.0. The fourth-order valence-corrected chi connectivity index (χ4v) is 1.55. The van der Waals surface area contributed by atoms with E-state index in [0.717, 1.165) is 0 Å². The molecule has 0 N–H and O–H groups in total. The minimum absolute atomic E-state index is 0.223. The maximum Gasteiger partial charge on any atom is 0.337 e. The standard InChI is InChI=1S/C14H13NO4/c1-15-9-3-4-12(13(15)16)19-11-7-5-10(6-8-11)14(17)18-2/h3-9H,1-2H3. The topological polar surface area (TPSA) is 57.5 Å². The van der Waals surface area contributed by atoms with E-state index in [-0.39, 0.29) is 11.3 Å². The number of aryl methyl sites for hydroxylation is 1. The second-order valence-corrected chi connectivity index (χ2v) is 3.91. The number of aromatic nitrogens is 1. The first-order chi connectivity index (χ1) is 9.11. The van der Waals surface area contributed by atoms with E-state index in [1.54, 1.807) is 49.6 Å². The Kier molecular flexibility index (Phi) is 3.66. The zero-order valence-electron chi connectivity index (χ0n) is 10.6. The number of methoxy groups -OCH3 is 1. The summed E-state index contributed by atoms with van der Waals surface area (Å²) in [7, 11) is 2.97. The second kappa shape index (κ2) is 5.39. The van der Waals surface area contributed by atoms with Crippen molar-refractivity contribution < 1.29 is 14.3 Å². The van der Waals surface area contributed by atoms with Crippen molar-refractivity contribution in [1.82, 2.24) is 4.57 Å². The zero-order valence-corrected chi connectivity index (χ0v) is 10.6. The number of pyridine rings is 1. The molecule has 1 aromatic carbocycles. The summed E-state index contributed by atoms with van der Waals surface area (Å²) in [6, 6.07) is 9.69. The summed E-state index contributed by atoms with van der Waals surface area (Å²) in [4.78, 5) is 23.0. The van der Waals surface area contributed by atoms with Crippen LogP contribution in [-0.4, -0.2) is 17.6 Å². The van der Waals surface area contributed by atoms with Crippen molar-refractivity contribution >= 4 is 5.97 Å². The van der Waals surface area contributed by atoms with Gasteiger partial charge in [-0.3, -0.25) is 4.79 Å². The molecule has 0 unspecified atom stereocenters. The van der Waals surface area contributed by atoms with Crippen LogP contribution in [0.2, 0.25) is 0 Å². The summed E-state index contributed by atoms with van der Waals surface area (Å²) in [5.41, 5.74) is 0.204. The Bertz CT molecular complexity index is 643. The molecule has 19 heavy (non-hydrogen) atoms. The van der Waals surface area contributed by atoms with Crippen molar-refractivity contribution in [2.75, 3.05) is 7.11 Å². The molecule has 0 saturated carbocycles. The lowest BCUT2D eigenvalue weighted by molar-refractivity contribution is 0.0600. The minimum atomic E-state index is -0.415. The van der Waals surface area contributed by atoms with Crippen LogP contribution in [0.25, 0.3) is 0 Å². The first-order valence-electron chi connectivity index (χ1n) is 5.63. The van der Waals surface area contributed by atoms with Crippen molar-refractivity contribution in [3.8, 4) is 11.5 Å². The number of ether oxygens (including phenoxy) is 2. The number of esters is 1. The number of rotatable bonds is 3. The van der Waals surface area contributed by atoms with Gasteiger partial charge in [0.1, 0.15) is 5.75 Å². The molecule has 2 rings (SSSR count). The van der Waals surface area contributed by atoms with Gasteiger partial charge in [0.05, 0.1) is 12.7 Å². The van der Waals surface area contributed by atoms with E-state index >= 15 is 0 Å². The van der Waals surface area contributed by atoms with Gasteiger partial charge in [-0.05, 0) is 36.4 Å². The summed E-state index contributed by atoms with van der Waals surface area (Å²) in [5, 5.41) is 0. The van der Waals surface area contributed by atoms with Gasteiger partial charge in [0.2, 0.25) is 0 Å². The number of carbonyl (C=O) groups excluding carboxylic acids is 1. The van der Waals surface area contributed by atoms with E-state index in [4.69, 9.17) is 4.74 Å².